The lowest BCUT2D eigenvalue weighted by atomic mass is 10.1. The Morgan fingerprint density at radius 3 is 2.44 bits per heavy atom. The van der Waals surface area contributed by atoms with E-state index in [-0.39, 0.29) is 18.8 Å². The molecule has 0 aliphatic rings. The maximum atomic E-state index is 9.29. The van der Waals surface area contributed by atoms with E-state index in [9.17, 15) is 10.2 Å². The van der Waals surface area contributed by atoms with E-state index >= 15 is 0 Å². The van der Waals surface area contributed by atoms with Gasteiger partial charge in [0.2, 0.25) is 0 Å². The van der Waals surface area contributed by atoms with Crippen molar-refractivity contribution in [2.75, 3.05) is 6.61 Å². The van der Waals surface area contributed by atoms with Gasteiger partial charge in [0.05, 0.1) is 18.8 Å². The van der Waals surface area contributed by atoms with Crippen LogP contribution < -0.4 is 0 Å². The first-order chi connectivity index (χ1) is 7.63. The van der Waals surface area contributed by atoms with E-state index in [1.165, 1.54) is 0 Å². The van der Waals surface area contributed by atoms with Crippen molar-refractivity contribution in [2.45, 2.75) is 32.4 Å². The van der Waals surface area contributed by atoms with E-state index in [2.05, 4.69) is 4.99 Å². The molecule has 0 radical (unpaired) electrons. The van der Waals surface area contributed by atoms with Crippen LogP contribution in [0.15, 0.2) is 35.3 Å². The van der Waals surface area contributed by atoms with Crippen LogP contribution in [0, 0.1) is 0 Å². The summed E-state index contributed by atoms with van der Waals surface area (Å²) in [6.07, 6.45) is 0.155. The summed E-state index contributed by atoms with van der Waals surface area (Å²) in [7, 11) is 0. The largest absolute Gasteiger partial charge is 0.394 e. The second-order valence-electron chi connectivity index (χ2n) is 4.03. The number of aliphatic hydroxyl groups is 2. The molecule has 2 N–H and O–H groups in total. The predicted molar refractivity (Wildman–Crippen MR) is 65.7 cm³/mol. The van der Waals surface area contributed by atoms with E-state index in [0.29, 0.717) is 6.42 Å². The van der Waals surface area contributed by atoms with E-state index in [0.717, 1.165) is 11.3 Å². The number of aliphatic hydroxyl groups excluding tert-OH is 2. The Balaban J connectivity index is 2.76. The third kappa shape index (κ3) is 4.13. The molecule has 1 rings (SSSR count). The number of hydrogen-bond acceptors (Lipinski definition) is 3. The molecule has 0 aliphatic heterocycles. The molecule has 0 aliphatic carbocycles. The van der Waals surface area contributed by atoms with Gasteiger partial charge in [0, 0.05) is 12.1 Å². The van der Waals surface area contributed by atoms with Gasteiger partial charge in [0.1, 0.15) is 0 Å². The van der Waals surface area contributed by atoms with Crippen LogP contribution in [0.2, 0.25) is 0 Å². The van der Waals surface area contributed by atoms with Crippen LogP contribution >= 0.6 is 0 Å². The molecule has 0 saturated heterocycles. The first-order valence-electron chi connectivity index (χ1n) is 5.50. The Morgan fingerprint density at radius 2 is 1.94 bits per heavy atom. The number of nitrogens with zero attached hydrogens (tertiary/aromatic N) is 1. The van der Waals surface area contributed by atoms with Crippen LogP contribution in [0.25, 0.3) is 0 Å². The van der Waals surface area contributed by atoms with Crippen LogP contribution in [0.5, 0.6) is 0 Å². The molecule has 0 spiro atoms. The van der Waals surface area contributed by atoms with Gasteiger partial charge in [-0.2, -0.15) is 0 Å². The summed E-state index contributed by atoms with van der Waals surface area (Å²) >= 11 is 0. The molecule has 0 bridgehead atoms. The second-order valence-corrected chi connectivity index (χ2v) is 4.03. The summed E-state index contributed by atoms with van der Waals surface area (Å²) < 4.78 is 0. The second kappa shape index (κ2) is 6.40. The van der Waals surface area contributed by atoms with Crippen molar-refractivity contribution in [3.05, 3.63) is 35.9 Å². The molecule has 3 heteroatoms. The highest BCUT2D eigenvalue weighted by atomic mass is 16.3. The molecule has 88 valence electrons. The van der Waals surface area contributed by atoms with Crippen molar-refractivity contribution in [3.63, 3.8) is 0 Å². The highest BCUT2D eigenvalue weighted by Gasteiger charge is 2.09. The fourth-order valence-corrected chi connectivity index (χ4v) is 1.64. The van der Waals surface area contributed by atoms with Gasteiger partial charge in [-0.1, -0.05) is 30.3 Å². The van der Waals surface area contributed by atoms with Crippen LogP contribution in [-0.2, 0) is 0 Å². The lowest BCUT2D eigenvalue weighted by molar-refractivity contribution is 0.202. The van der Waals surface area contributed by atoms with Gasteiger partial charge in [0.25, 0.3) is 0 Å². The Morgan fingerprint density at radius 1 is 1.31 bits per heavy atom. The van der Waals surface area contributed by atoms with E-state index in [1.807, 2.05) is 37.3 Å². The zero-order chi connectivity index (χ0) is 12.0. The summed E-state index contributed by atoms with van der Waals surface area (Å²) in [6, 6.07) is 9.46. The van der Waals surface area contributed by atoms with Gasteiger partial charge in [-0.05, 0) is 19.4 Å². The molecule has 0 aromatic heterocycles. The normalized spacial score (nSPS) is 15.9. The van der Waals surface area contributed by atoms with Crippen molar-refractivity contribution >= 4 is 5.71 Å². The topological polar surface area (TPSA) is 52.8 Å². The van der Waals surface area contributed by atoms with Gasteiger partial charge >= 0.3 is 0 Å². The lowest BCUT2D eigenvalue weighted by Crippen LogP contribution is -2.10. The number of hydrogen-bond donors (Lipinski definition) is 2. The van der Waals surface area contributed by atoms with Crippen molar-refractivity contribution in [1.82, 2.24) is 0 Å². The molecule has 0 fully saturated rings. The SMILES string of the molecule is CC(CC(C)O)=NC(CO)c1ccccc1. The van der Waals surface area contributed by atoms with E-state index in [4.69, 9.17) is 0 Å². The van der Waals surface area contributed by atoms with Gasteiger partial charge in [-0.25, -0.2) is 0 Å². The molecule has 1 aromatic carbocycles. The maximum absolute atomic E-state index is 9.29. The van der Waals surface area contributed by atoms with Gasteiger partial charge < -0.3 is 10.2 Å². The van der Waals surface area contributed by atoms with Crippen molar-refractivity contribution in [1.29, 1.82) is 0 Å². The van der Waals surface area contributed by atoms with Gasteiger partial charge in [-0.3, -0.25) is 4.99 Å². The third-order valence-electron chi connectivity index (χ3n) is 2.32. The minimum atomic E-state index is -0.390. The monoisotopic (exact) mass is 221 g/mol. The highest BCUT2D eigenvalue weighted by molar-refractivity contribution is 5.82. The minimum absolute atomic E-state index is 0.0127. The van der Waals surface area contributed by atoms with Gasteiger partial charge in [0.15, 0.2) is 0 Å². The molecule has 0 heterocycles. The Kier molecular flexibility index (Phi) is 5.15. The average molecular weight is 221 g/mol. The predicted octanol–water partition coefficient (Wildman–Crippen LogP) is 1.95. The highest BCUT2D eigenvalue weighted by Crippen LogP contribution is 2.17. The maximum Gasteiger partial charge on any atom is 0.0978 e. The summed E-state index contributed by atoms with van der Waals surface area (Å²) in [6.45, 7) is 3.59. The van der Waals surface area contributed by atoms with Crippen LogP contribution in [0.3, 0.4) is 0 Å². The van der Waals surface area contributed by atoms with Crippen molar-refractivity contribution < 1.29 is 10.2 Å². The zero-order valence-electron chi connectivity index (χ0n) is 9.80. The average Bonchev–Trinajstić information content (AvgIpc) is 2.26. The Hall–Kier alpha value is -1.19. The summed E-state index contributed by atoms with van der Waals surface area (Å²) in [5, 5.41) is 18.5. The fourth-order valence-electron chi connectivity index (χ4n) is 1.64. The Labute approximate surface area is 96.5 Å². The van der Waals surface area contributed by atoms with E-state index < -0.39 is 0 Å². The molecular formula is C13H19NO2. The smallest absolute Gasteiger partial charge is 0.0978 e. The van der Waals surface area contributed by atoms with Crippen LogP contribution in [0.1, 0.15) is 31.9 Å². The first-order valence-corrected chi connectivity index (χ1v) is 5.50. The standard InChI is InChI=1S/C13H19NO2/c1-10(8-11(2)16)14-13(9-15)12-6-4-3-5-7-12/h3-7,11,13,15-16H,8-9H2,1-2H3. The molecule has 3 nitrogen and oxygen atoms in total. The van der Waals surface area contributed by atoms with Crippen molar-refractivity contribution in [3.8, 4) is 0 Å². The molecule has 2 unspecified atom stereocenters. The number of rotatable bonds is 5. The van der Waals surface area contributed by atoms with Gasteiger partial charge in [-0.15, -0.1) is 0 Å². The van der Waals surface area contributed by atoms with Crippen molar-refractivity contribution in [2.24, 2.45) is 4.99 Å². The zero-order valence-corrected chi connectivity index (χ0v) is 9.80. The molecule has 0 saturated carbocycles. The van der Waals surface area contributed by atoms with E-state index in [1.54, 1.807) is 6.92 Å². The molecule has 1 aromatic rings. The molecule has 0 amide bonds. The third-order valence-corrected chi connectivity index (χ3v) is 2.32. The Bertz CT molecular complexity index is 333. The molecule has 16 heavy (non-hydrogen) atoms. The number of aliphatic imine (C=N–C) groups is 1. The van der Waals surface area contributed by atoms with Crippen LogP contribution in [0.4, 0.5) is 0 Å². The quantitative estimate of drug-likeness (QED) is 0.747. The summed E-state index contributed by atoms with van der Waals surface area (Å²) in [4.78, 5) is 4.41. The molecule has 2 atom stereocenters. The number of benzene rings is 1. The lowest BCUT2D eigenvalue weighted by Gasteiger charge is -2.12. The summed E-state index contributed by atoms with van der Waals surface area (Å²) in [5.41, 5.74) is 1.85. The fraction of sp³-hybridized carbons (Fsp3) is 0.462. The summed E-state index contributed by atoms with van der Waals surface area (Å²) in [5.74, 6) is 0. The van der Waals surface area contributed by atoms with Crippen LogP contribution in [-0.4, -0.2) is 28.6 Å². The minimum Gasteiger partial charge on any atom is -0.394 e. The molecular weight excluding hydrogens is 202 g/mol. The first kappa shape index (κ1) is 12.9.